The van der Waals surface area contributed by atoms with Crippen molar-refractivity contribution in [3.63, 3.8) is 0 Å². The van der Waals surface area contributed by atoms with Crippen LogP contribution in [0.5, 0.6) is 0 Å². The topological polar surface area (TPSA) is 29.1 Å². The summed E-state index contributed by atoms with van der Waals surface area (Å²) in [6.45, 7) is 4.87. The van der Waals surface area contributed by atoms with Crippen LogP contribution in [0.25, 0.3) is 0 Å². The van der Waals surface area contributed by atoms with Gasteiger partial charge < -0.3 is 5.32 Å². The Kier molecular flexibility index (Phi) is 5.03. The SMILES string of the molecule is Cc1cc(C)cc(C(=O)NCC2CCCC2CBr)c1. The number of benzene rings is 1. The van der Waals surface area contributed by atoms with E-state index in [1.54, 1.807) is 0 Å². The number of carbonyl (C=O) groups excluding carboxylic acids is 1. The first-order chi connectivity index (χ1) is 9.10. The summed E-state index contributed by atoms with van der Waals surface area (Å²) in [4.78, 5) is 12.2. The summed E-state index contributed by atoms with van der Waals surface area (Å²) in [6, 6.07) is 6.01. The maximum absolute atomic E-state index is 12.2. The highest BCUT2D eigenvalue weighted by atomic mass is 79.9. The maximum atomic E-state index is 12.2. The summed E-state index contributed by atoms with van der Waals surface area (Å²) in [6.07, 6.45) is 3.82. The second-order valence-electron chi connectivity index (χ2n) is 5.69. The molecule has 1 aliphatic carbocycles. The monoisotopic (exact) mass is 323 g/mol. The largest absolute Gasteiger partial charge is 0.352 e. The van der Waals surface area contributed by atoms with Crippen LogP contribution in [-0.4, -0.2) is 17.8 Å². The number of halogens is 1. The Balaban J connectivity index is 1.94. The van der Waals surface area contributed by atoms with Gasteiger partial charge in [0.15, 0.2) is 0 Å². The molecule has 1 aliphatic rings. The van der Waals surface area contributed by atoms with Crippen molar-refractivity contribution in [1.29, 1.82) is 0 Å². The third kappa shape index (κ3) is 3.82. The molecule has 0 bridgehead atoms. The molecule has 0 spiro atoms. The zero-order valence-corrected chi connectivity index (χ0v) is 13.3. The van der Waals surface area contributed by atoms with Gasteiger partial charge >= 0.3 is 0 Å². The van der Waals surface area contributed by atoms with Crippen LogP contribution in [0.3, 0.4) is 0 Å². The molecule has 0 aromatic heterocycles. The first-order valence-corrected chi connectivity index (χ1v) is 8.14. The summed E-state index contributed by atoms with van der Waals surface area (Å²) < 4.78 is 0. The van der Waals surface area contributed by atoms with Crippen LogP contribution in [0, 0.1) is 25.7 Å². The minimum absolute atomic E-state index is 0.0621. The summed E-state index contributed by atoms with van der Waals surface area (Å²) in [5.74, 6) is 1.42. The van der Waals surface area contributed by atoms with Gasteiger partial charge in [-0.25, -0.2) is 0 Å². The molecule has 104 valence electrons. The average molecular weight is 324 g/mol. The van der Waals surface area contributed by atoms with Crippen molar-refractivity contribution < 1.29 is 4.79 Å². The highest BCUT2D eigenvalue weighted by Crippen LogP contribution is 2.32. The van der Waals surface area contributed by atoms with Gasteiger partial charge in [-0.05, 0) is 50.7 Å². The van der Waals surface area contributed by atoms with Gasteiger partial charge in [-0.2, -0.15) is 0 Å². The predicted molar refractivity (Wildman–Crippen MR) is 82.9 cm³/mol. The van der Waals surface area contributed by atoms with E-state index in [0.717, 1.165) is 34.5 Å². The van der Waals surface area contributed by atoms with Gasteiger partial charge in [0.2, 0.25) is 0 Å². The molecule has 2 rings (SSSR count). The molecule has 0 heterocycles. The van der Waals surface area contributed by atoms with E-state index in [0.29, 0.717) is 5.92 Å². The molecule has 2 unspecified atom stereocenters. The van der Waals surface area contributed by atoms with Gasteiger partial charge in [-0.15, -0.1) is 0 Å². The van der Waals surface area contributed by atoms with Crippen molar-refractivity contribution in [1.82, 2.24) is 5.32 Å². The summed E-state index contributed by atoms with van der Waals surface area (Å²) in [7, 11) is 0. The van der Waals surface area contributed by atoms with Gasteiger partial charge in [0.1, 0.15) is 0 Å². The number of rotatable bonds is 4. The molecule has 1 saturated carbocycles. The van der Waals surface area contributed by atoms with E-state index in [4.69, 9.17) is 0 Å². The molecule has 19 heavy (non-hydrogen) atoms. The van der Waals surface area contributed by atoms with E-state index in [1.165, 1.54) is 19.3 Å². The van der Waals surface area contributed by atoms with Crippen molar-refractivity contribution in [2.75, 3.05) is 11.9 Å². The van der Waals surface area contributed by atoms with Crippen molar-refractivity contribution >= 4 is 21.8 Å². The van der Waals surface area contributed by atoms with Crippen LogP contribution >= 0.6 is 15.9 Å². The molecule has 3 heteroatoms. The summed E-state index contributed by atoms with van der Waals surface area (Å²) >= 11 is 3.57. The van der Waals surface area contributed by atoms with Crippen LogP contribution in [0.1, 0.15) is 40.7 Å². The predicted octanol–water partition coefficient (Wildman–Crippen LogP) is 3.84. The van der Waals surface area contributed by atoms with Crippen LogP contribution in [0.2, 0.25) is 0 Å². The molecular formula is C16H22BrNO. The number of aryl methyl sites for hydroxylation is 2. The number of carbonyl (C=O) groups is 1. The van der Waals surface area contributed by atoms with E-state index in [2.05, 4.69) is 27.3 Å². The van der Waals surface area contributed by atoms with Crippen LogP contribution in [0.4, 0.5) is 0 Å². The third-order valence-corrected chi connectivity index (χ3v) is 4.86. The maximum Gasteiger partial charge on any atom is 0.251 e. The van der Waals surface area contributed by atoms with Gasteiger partial charge in [0, 0.05) is 17.4 Å². The molecule has 1 amide bonds. The Morgan fingerprint density at radius 1 is 1.21 bits per heavy atom. The first-order valence-electron chi connectivity index (χ1n) is 7.02. The van der Waals surface area contributed by atoms with Crippen LogP contribution in [-0.2, 0) is 0 Å². The molecular weight excluding hydrogens is 302 g/mol. The Labute approximate surface area is 124 Å². The van der Waals surface area contributed by atoms with E-state index in [9.17, 15) is 4.79 Å². The second kappa shape index (κ2) is 6.56. The lowest BCUT2D eigenvalue weighted by atomic mass is 9.98. The van der Waals surface area contributed by atoms with Crippen LogP contribution < -0.4 is 5.32 Å². The van der Waals surface area contributed by atoms with Crippen LogP contribution in [0.15, 0.2) is 18.2 Å². The summed E-state index contributed by atoms with van der Waals surface area (Å²) in [5, 5.41) is 4.15. The van der Waals surface area contributed by atoms with Crippen molar-refractivity contribution in [3.8, 4) is 0 Å². The van der Waals surface area contributed by atoms with E-state index in [1.807, 2.05) is 26.0 Å². The van der Waals surface area contributed by atoms with Gasteiger partial charge in [0.05, 0.1) is 0 Å². The quantitative estimate of drug-likeness (QED) is 0.838. The lowest BCUT2D eigenvalue weighted by Crippen LogP contribution is -2.31. The van der Waals surface area contributed by atoms with Crippen molar-refractivity contribution in [2.45, 2.75) is 33.1 Å². The zero-order valence-electron chi connectivity index (χ0n) is 11.7. The molecule has 0 saturated heterocycles. The van der Waals surface area contributed by atoms with Crippen molar-refractivity contribution in [3.05, 3.63) is 34.9 Å². The number of hydrogen-bond donors (Lipinski definition) is 1. The first kappa shape index (κ1) is 14.6. The van der Waals surface area contributed by atoms with E-state index < -0.39 is 0 Å². The Hall–Kier alpha value is -0.830. The summed E-state index contributed by atoms with van der Waals surface area (Å²) in [5.41, 5.74) is 3.07. The smallest absolute Gasteiger partial charge is 0.251 e. The molecule has 1 aromatic rings. The molecule has 1 fully saturated rings. The fourth-order valence-electron chi connectivity index (χ4n) is 3.02. The molecule has 2 nitrogen and oxygen atoms in total. The minimum Gasteiger partial charge on any atom is -0.352 e. The van der Waals surface area contributed by atoms with E-state index >= 15 is 0 Å². The van der Waals surface area contributed by atoms with Gasteiger partial charge in [-0.1, -0.05) is 39.5 Å². The average Bonchev–Trinajstić information content (AvgIpc) is 2.82. The normalized spacial score (nSPS) is 22.5. The number of nitrogens with one attached hydrogen (secondary N) is 1. The number of amides is 1. The minimum atomic E-state index is 0.0621. The highest BCUT2D eigenvalue weighted by Gasteiger charge is 2.26. The van der Waals surface area contributed by atoms with Gasteiger partial charge in [-0.3, -0.25) is 4.79 Å². The Bertz CT molecular complexity index is 438. The van der Waals surface area contributed by atoms with Crippen molar-refractivity contribution in [2.24, 2.45) is 11.8 Å². The second-order valence-corrected chi connectivity index (χ2v) is 6.34. The highest BCUT2D eigenvalue weighted by molar-refractivity contribution is 9.09. The Morgan fingerprint density at radius 3 is 2.47 bits per heavy atom. The zero-order chi connectivity index (χ0) is 13.8. The fraction of sp³-hybridized carbons (Fsp3) is 0.562. The third-order valence-electron chi connectivity index (χ3n) is 4.02. The number of alkyl halides is 1. The molecule has 1 aromatic carbocycles. The number of hydrogen-bond acceptors (Lipinski definition) is 1. The molecule has 0 aliphatic heterocycles. The Morgan fingerprint density at radius 2 is 1.84 bits per heavy atom. The lowest BCUT2D eigenvalue weighted by Gasteiger charge is -2.18. The van der Waals surface area contributed by atoms with E-state index in [-0.39, 0.29) is 5.91 Å². The molecule has 2 atom stereocenters. The lowest BCUT2D eigenvalue weighted by molar-refractivity contribution is 0.0944. The molecule has 0 radical (unpaired) electrons. The fourth-order valence-corrected chi connectivity index (χ4v) is 3.87. The van der Waals surface area contributed by atoms with Gasteiger partial charge in [0.25, 0.3) is 5.91 Å². The molecule has 1 N–H and O–H groups in total. The standard InChI is InChI=1S/C16H22BrNO/c1-11-6-12(2)8-15(7-11)16(19)18-10-14-5-3-4-13(14)9-17/h6-8,13-14H,3-5,9-10H2,1-2H3,(H,18,19).